The Hall–Kier alpha value is 0.580. The molecule has 2 atom stereocenters. The summed E-state index contributed by atoms with van der Waals surface area (Å²) >= 11 is 9.10. The maximum atomic E-state index is 3.62. The Morgan fingerprint density at radius 1 is 1.39 bits per heavy atom. The van der Waals surface area contributed by atoms with Crippen molar-refractivity contribution in [3.05, 3.63) is 19.2 Å². The molecular formula is C13H20Br2N2S. The predicted octanol–water partition coefficient (Wildman–Crippen LogP) is 4.27. The van der Waals surface area contributed by atoms with Gasteiger partial charge in [0, 0.05) is 41.6 Å². The molecule has 2 nitrogen and oxygen atoms in total. The lowest BCUT2D eigenvalue weighted by Crippen LogP contribution is -2.46. The minimum Gasteiger partial charge on any atom is -0.314 e. The first kappa shape index (κ1) is 15.0. The summed E-state index contributed by atoms with van der Waals surface area (Å²) in [4.78, 5) is 4.11. The van der Waals surface area contributed by atoms with E-state index in [0.717, 1.165) is 26.2 Å². The third-order valence-electron chi connectivity index (χ3n) is 3.68. The highest BCUT2D eigenvalue weighted by atomic mass is 79.9. The van der Waals surface area contributed by atoms with E-state index in [1.807, 2.05) is 11.3 Å². The molecule has 1 aromatic rings. The van der Waals surface area contributed by atoms with Crippen LogP contribution in [0.4, 0.5) is 0 Å². The van der Waals surface area contributed by atoms with Crippen LogP contribution in [-0.4, -0.2) is 31.1 Å². The molecule has 0 bridgehead atoms. The lowest BCUT2D eigenvalue weighted by atomic mass is 9.95. The molecule has 0 spiro atoms. The van der Waals surface area contributed by atoms with Crippen molar-refractivity contribution in [1.82, 2.24) is 10.2 Å². The first-order valence-electron chi connectivity index (χ1n) is 6.53. The Bertz CT molecular complexity index is 369. The highest BCUT2D eigenvalue weighted by Gasteiger charge is 2.28. The Labute approximate surface area is 130 Å². The van der Waals surface area contributed by atoms with Crippen molar-refractivity contribution in [3.63, 3.8) is 0 Å². The molecule has 2 heterocycles. The number of nitrogens with one attached hydrogen (secondary N) is 1. The molecule has 0 aromatic carbocycles. The quantitative estimate of drug-likeness (QED) is 0.818. The van der Waals surface area contributed by atoms with Gasteiger partial charge < -0.3 is 5.32 Å². The number of hydrogen-bond acceptors (Lipinski definition) is 3. The van der Waals surface area contributed by atoms with Gasteiger partial charge in [-0.2, -0.15) is 0 Å². The fourth-order valence-electron chi connectivity index (χ4n) is 2.51. The maximum Gasteiger partial charge on any atom is 0.0843 e. The lowest BCUT2D eigenvalue weighted by molar-refractivity contribution is 0.131. The van der Waals surface area contributed by atoms with E-state index in [-0.39, 0.29) is 0 Å². The number of nitrogens with zero attached hydrogens (tertiary/aromatic N) is 1. The van der Waals surface area contributed by atoms with Crippen molar-refractivity contribution in [1.29, 1.82) is 0 Å². The van der Waals surface area contributed by atoms with Crippen LogP contribution >= 0.6 is 43.2 Å². The molecule has 1 N–H and O–H groups in total. The molecule has 5 heteroatoms. The summed E-state index contributed by atoms with van der Waals surface area (Å²) in [6, 6.07) is 2.85. The van der Waals surface area contributed by atoms with Crippen LogP contribution in [0.25, 0.3) is 0 Å². The highest BCUT2D eigenvalue weighted by Crippen LogP contribution is 2.41. The van der Waals surface area contributed by atoms with Gasteiger partial charge in [-0.3, -0.25) is 4.90 Å². The van der Waals surface area contributed by atoms with E-state index in [4.69, 9.17) is 0 Å². The normalized spacial score (nSPS) is 20.9. The second-order valence-corrected chi connectivity index (χ2v) is 8.14. The van der Waals surface area contributed by atoms with Crippen molar-refractivity contribution in [2.45, 2.75) is 26.3 Å². The molecule has 1 aliphatic rings. The third-order valence-corrected chi connectivity index (χ3v) is 7.01. The average molecular weight is 396 g/mol. The molecule has 1 aromatic heterocycles. The second kappa shape index (κ2) is 6.84. The monoisotopic (exact) mass is 394 g/mol. The molecule has 102 valence electrons. The van der Waals surface area contributed by atoms with Gasteiger partial charge in [0.05, 0.1) is 3.79 Å². The first-order valence-corrected chi connectivity index (χ1v) is 8.93. The van der Waals surface area contributed by atoms with E-state index in [1.165, 1.54) is 19.6 Å². The topological polar surface area (TPSA) is 15.3 Å². The minimum atomic E-state index is 0.560. The molecule has 18 heavy (non-hydrogen) atoms. The van der Waals surface area contributed by atoms with Crippen LogP contribution in [0.15, 0.2) is 14.3 Å². The van der Waals surface area contributed by atoms with E-state index >= 15 is 0 Å². The summed E-state index contributed by atoms with van der Waals surface area (Å²) in [5.41, 5.74) is 0. The van der Waals surface area contributed by atoms with Gasteiger partial charge in [0.25, 0.3) is 0 Å². The van der Waals surface area contributed by atoms with Crippen LogP contribution in [0.2, 0.25) is 0 Å². The van der Waals surface area contributed by atoms with Crippen LogP contribution < -0.4 is 5.32 Å². The van der Waals surface area contributed by atoms with E-state index in [2.05, 4.69) is 62.0 Å². The molecule has 0 radical (unpaired) electrons. The van der Waals surface area contributed by atoms with E-state index < -0.39 is 0 Å². The molecule has 0 amide bonds. The number of thiophene rings is 1. The maximum absolute atomic E-state index is 3.62. The lowest BCUT2D eigenvalue weighted by Gasteiger charge is -2.37. The van der Waals surface area contributed by atoms with Crippen LogP contribution in [-0.2, 0) is 0 Å². The van der Waals surface area contributed by atoms with Crippen molar-refractivity contribution in [2.75, 3.05) is 26.2 Å². The first-order chi connectivity index (χ1) is 8.63. The van der Waals surface area contributed by atoms with Crippen molar-refractivity contribution in [3.8, 4) is 0 Å². The Morgan fingerprint density at radius 2 is 2.06 bits per heavy atom. The van der Waals surface area contributed by atoms with Gasteiger partial charge in [0.2, 0.25) is 0 Å². The summed E-state index contributed by atoms with van der Waals surface area (Å²) in [5, 5.41) is 3.44. The molecule has 1 saturated heterocycles. The van der Waals surface area contributed by atoms with E-state index in [1.54, 1.807) is 0 Å². The molecule has 2 rings (SSSR count). The number of halogens is 2. The van der Waals surface area contributed by atoms with E-state index in [9.17, 15) is 0 Å². The molecule has 0 saturated carbocycles. The standard InChI is InChI=1S/C13H20Br2N2S/c1-3-9(2)12(17-6-4-16-5-7-17)11-8-10(14)13(15)18-11/h8-9,12,16H,3-7H2,1-2H3/t9?,12-/m0/s1. The fourth-order valence-corrected chi connectivity index (χ4v) is 4.87. The smallest absolute Gasteiger partial charge is 0.0843 e. The summed E-state index contributed by atoms with van der Waals surface area (Å²) in [5.74, 6) is 0.695. The minimum absolute atomic E-state index is 0.560. The third kappa shape index (κ3) is 3.37. The number of hydrogen-bond donors (Lipinski definition) is 1. The van der Waals surface area contributed by atoms with Gasteiger partial charge in [0.15, 0.2) is 0 Å². The summed E-state index contributed by atoms with van der Waals surface area (Å²) < 4.78 is 2.40. The zero-order chi connectivity index (χ0) is 13.1. The van der Waals surface area contributed by atoms with Crippen molar-refractivity contribution < 1.29 is 0 Å². The SMILES string of the molecule is CCC(C)[C@@H](c1cc(Br)c(Br)s1)N1CCNCC1. The van der Waals surface area contributed by atoms with Gasteiger partial charge in [-0.1, -0.05) is 20.3 Å². The average Bonchev–Trinajstić information content (AvgIpc) is 2.70. The summed E-state index contributed by atoms with van der Waals surface area (Å²) in [6.45, 7) is 9.19. The molecule has 1 aliphatic heterocycles. The fraction of sp³-hybridized carbons (Fsp3) is 0.692. The Balaban J connectivity index is 2.23. The van der Waals surface area contributed by atoms with Crippen LogP contribution in [0.3, 0.4) is 0 Å². The van der Waals surface area contributed by atoms with Gasteiger partial charge >= 0.3 is 0 Å². The van der Waals surface area contributed by atoms with Crippen LogP contribution in [0.1, 0.15) is 31.2 Å². The molecule has 0 aliphatic carbocycles. The van der Waals surface area contributed by atoms with Gasteiger partial charge in [0.1, 0.15) is 0 Å². The van der Waals surface area contributed by atoms with Gasteiger partial charge in [-0.25, -0.2) is 0 Å². The molecule has 1 fully saturated rings. The largest absolute Gasteiger partial charge is 0.314 e. The van der Waals surface area contributed by atoms with Crippen LogP contribution in [0.5, 0.6) is 0 Å². The molecule has 1 unspecified atom stereocenters. The zero-order valence-electron chi connectivity index (χ0n) is 10.9. The molecular weight excluding hydrogens is 376 g/mol. The van der Waals surface area contributed by atoms with Gasteiger partial charge in [-0.15, -0.1) is 11.3 Å². The van der Waals surface area contributed by atoms with Gasteiger partial charge in [-0.05, 0) is 43.8 Å². The summed E-state index contributed by atoms with van der Waals surface area (Å²) in [6.07, 6.45) is 1.22. The summed E-state index contributed by atoms with van der Waals surface area (Å²) in [7, 11) is 0. The number of rotatable bonds is 4. The number of piperazine rings is 1. The van der Waals surface area contributed by atoms with Crippen LogP contribution in [0, 0.1) is 5.92 Å². The van der Waals surface area contributed by atoms with Crippen molar-refractivity contribution >= 4 is 43.2 Å². The van der Waals surface area contributed by atoms with Crippen molar-refractivity contribution in [2.24, 2.45) is 5.92 Å². The zero-order valence-corrected chi connectivity index (χ0v) is 14.9. The van der Waals surface area contributed by atoms with E-state index in [0.29, 0.717) is 12.0 Å². The second-order valence-electron chi connectivity index (χ2n) is 4.89. The highest BCUT2D eigenvalue weighted by molar-refractivity contribution is 9.13. The Morgan fingerprint density at radius 3 is 2.56 bits per heavy atom. The predicted molar refractivity (Wildman–Crippen MR) is 86.4 cm³/mol. The Kier molecular flexibility index (Phi) is 5.69.